The molecule has 0 aliphatic heterocycles. The van der Waals surface area contributed by atoms with Crippen molar-refractivity contribution in [2.75, 3.05) is 0 Å². The third kappa shape index (κ3) is 1.51. The third-order valence-corrected chi connectivity index (χ3v) is 3.06. The average molecular weight is 244 g/mol. The predicted octanol–water partition coefficient (Wildman–Crippen LogP) is 2.93. The van der Waals surface area contributed by atoms with Gasteiger partial charge in [0, 0.05) is 6.20 Å². The molecule has 0 amide bonds. The maximum absolute atomic E-state index is 8.18. The van der Waals surface area contributed by atoms with Gasteiger partial charge in [0.2, 0.25) is 0 Å². The van der Waals surface area contributed by atoms with Gasteiger partial charge in [-0.1, -0.05) is 17.7 Å². The van der Waals surface area contributed by atoms with Crippen LogP contribution in [0.5, 0.6) is 0 Å². The minimum absolute atomic E-state index is 0.371. The lowest BCUT2D eigenvalue weighted by molar-refractivity contribution is 1.00. The number of rotatable bonds is 0. The highest BCUT2D eigenvalue weighted by atomic mass is 35.5. The van der Waals surface area contributed by atoms with Gasteiger partial charge in [-0.05, 0) is 36.8 Å². The maximum Gasteiger partial charge on any atom is 0.141 e. The summed E-state index contributed by atoms with van der Waals surface area (Å²) < 4.78 is 1.73. The summed E-state index contributed by atoms with van der Waals surface area (Å²) in [6.07, 6.45) is 1.82. The molecule has 0 unspecified atom stereocenters. The highest BCUT2D eigenvalue weighted by molar-refractivity contribution is 6.35. The summed E-state index contributed by atoms with van der Waals surface area (Å²) in [7, 11) is 0. The lowest BCUT2D eigenvalue weighted by atomic mass is 10.1. The fourth-order valence-electron chi connectivity index (χ4n) is 2.00. The Morgan fingerprint density at radius 3 is 2.94 bits per heavy atom. The molecule has 0 aliphatic rings. The molecule has 0 atom stereocenters. The second kappa shape index (κ2) is 3.57. The Hall–Kier alpha value is -1.87. The van der Waals surface area contributed by atoms with Gasteiger partial charge < -0.3 is 0 Å². The fourth-order valence-corrected chi connectivity index (χ4v) is 2.36. The molecule has 0 fully saturated rings. The molecule has 3 aromatic rings. The molecule has 0 aliphatic carbocycles. The van der Waals surface area contributed by atoms with Gasteiger partial charge in [0.15, 0.2) is 0 Å². The van der Waals surface area contributed by atoms with Crippen LogP contribution in [0.25, 0.3) is 16.6 Å². The smallest absolute Gasteiger partial charge is 0.141 e. The number of aromatic nitrogens is 2. The zero-order chi connectivity index (χ0) is 12.0. The van der Waals surface area contributed by atoms with Crippen molar-refractivity contribution in [3.05, 3.63) is 52.6 Å². The van der Waals surface area contributed by atoms with Crippen LogP contribution in [0.15, 0.2) is 36.5 Å². The van der Waals surface area contributed by atoms with Gasteiger partial charge in [-0.3, -0.25) is 9.81 Å². The first-order valence-corrected chi connectivity index (χ1v) is 5.66. The van der Waals surface area contributed by atoms with Crippen LogP contribution in [0.3, 0.4) is 0 Å². The molecule has 4 heteroatoms. The van der Waals surface area contributed by atoms with Gasteiger partial charge in [-0.15, -0.1) is 0 Å². The average Bonchev–Trinajstić information content (AvgIpc) is 2.28. The van der Waals surface area contributed by atoms with E-state index >= 15 is 0 Å². The number of halogens is 1. The van der Waals surface area contributed by atoms with Crippen molar-refractivity contribution in [2.45, 2.75) is 6.92 Å². The SMILES string of the molecule is Cc1cc(Cl)c2c(=N)n3ccccc3nc2c1. The van der Waals surface area contributed by atoms with Gasteiger partial charge in [0.05, 0.1) is 15.9 Å². The van der Waals surface area contributed by atoms with E-state index in [1.54, 1.807) is 4.40 Å². The van der Waals surface area contributed by atoms with E-state index in [1.165, 1.54) is 0 Å². The minimum atomic E-state index is 0.371. The molecule has 1 aromatic carbocycles. The van der Waals surface area contributed by atoms with Crippen LogP contribution in [-0.2, 0) is 0 Å². The Morgan fingerprint density at radius 2 is 2.12 bits per heavy atom. The van der Waals surface area contributed by atoms with Crippen molar-refractivity contribution in [3.63, 3.8) is 0 Å². The molecule has 2 heterocycles. The van der Waals surface area contributed by atoms with Crippen LogP contribution in [0, 0.1) is 12.3 Å². The summed E-state index contributed by atoms with van der Waals surface area (Å²) in [6, 6.07) is 9.48. The highest BCUT2D eigenvalue weighted by Crippen LogP contribution is 2.21. The van der Waals surface area contributed by atoms with Gasteiger partial charge in [-0.2, -0.15) is 0 Å². The summed E-state index contributed by atoms with van der Waals surface area (Å²) in [5.41, 5.74) is 2.95. The Kier molecular flexibility index (Phi) is 2.16. The first kappa shape index (κ1) is 10.3. The van der Waals surface area contributed by atoms with Crippen molar-refractivity contribution in [2.24, 2.45) is 0 Å². The Labute approximate surface area is 103 Å². The summed E-state index contributed by atoms with van der Waals surface area (Å²) >= 11 is 6.19. The van der Waals surface area contributed by atoms with E-state index in [9.17, 15) is 0 Å². The molecule has 0 bridgehead atoms. The fraction of sp³-hybridized carbons (Fsp3) is 0.0769. The van der Waals surface area contributed by atoms with Gasteiger partial charge in [0.1, 0.15) is 11.1 Å². The van der Waals surface area contributed by atoms with E-state index in [1.807, 2.05) is 43.5 Å². The van der Waals surface area contributed by atoms with Crippen molar-refractivity contribution in [1.82, 2.24) is 9.38 Å². The Balaban J connectivity index is 2.64. The van der Waals surface area contributed by atoms with Crippen molar-refractivity contribution < 1.29 is 0 Å². The second-order valence-corrected chi connectivity index (χ2v) is 4.44. The predicted molar refractivity (Wildman–Crippen MR) is 68.3 cm³/mol. The number of benzene rings is 1. The summed E-state index contributed by atoms with van der Waals surface area (Å²) in [5, 5.41) is 9.46. The number of nitrogens with zero attached hydrogens (tertiary/aromatic N) is 2. The van der Waals surface area contributed by atoms with Crippen LogP contribution in [0.2, 0.25) is 5.02 Å². The molecule has 0 spiro atoms. The monoisotopic (exact) mass is 243 g/mol. The number of hydrogen-bond acceptors (Lipinski definition) is 2. The van der Waals surface area contributed by atoms with Gasteiger partial charge >= 0.3 is 0 Å². The summed E-state index contributed by atoms with van der Waals surface area (Å²) in [6.45, 7) is 1.97. The zero-order valence-corrected chi connectivity index (χ0v) is 9.99. The van der Waals surface area contributed by atoms with E-state index in [-0.39, 0.29) is 0 Å². The lowest BCUT2D eigenvalue weighted by Gasteiger charge is -2.06. The molecule has 17 heavy (non-hydrogen) atoms. The van der Waals surface area contributed by atoms with Gasteiger partial charge in [0.25, 0.3) is 0 Å². The Morgan fingerprint density at radius 1 is 1.29 bits per heavy atom. The number of hydrogen-bond donors (Lipinski definition) is 1. The number of fused-ring (bicyclic) bond motifs is 2. The lowest BCUT2D eigenvalue weighted by Crippen LogP contribution is -2.15. The topological polar surface area (TPSA) is 41.2 Å². The number of nitrogens with one attached hydrogen (secondary N) is 1. The van der Waals surface area contributed by atoms with Gasteiger partial charge in [-0.25, -0.2) is 4.98 Å². The maximum atomic E-state index is 8.18. The van der Waals surface area contributed by atoms with Crippen molar-refractivity contribution in [3.8, 4) is 0 Å². The molecule has 3 rings (SSSR count). The van der Waals surface area contributed by atoms with E-state index < -0.39 is 0 Å². The largest absolute Gasteiger partial charge is 0.286 e. The minimum Gasteiger partial charge on any atom is -0.286 e. The molecule has 0 saturated heterocycles. The molecule has 0 radical (unpaired) electrons. The van der Waals surface area contributed by atoms with Crippen LogP contribution in [-0.4, -0.2) is 9.38 Å². The second-order valence-electron chi connectivity index (χ2n) is 4.03. The Bertz CT molecular complexity index is 790. The van der Waals surface area contributed by atoms with E-state index in [0.717, 1.165) is 16.7 Å². The number of pyridine rings is 1. The van der Waals surface area contributed by atoms with Crippen LogP contribution >= 0.6 is 11.6 Å². The zero-order valence-electron chi connectivity index (χ0n) is 9.24. The molecule has 2 aromatic heterocycles. The molecule has 1 N–H and O–H groups in total. The molecular weight excluding hydrogens is 234 g/mol. The van der Waals surface area contributed by atoms with Crippen LogP contribution in [0.1, 0.15) is 5.56 Å². The molecular formula is C13H10ClN3. The number of aryl methyl sites for hydroxylation is 1. The van der Waals surface area contributed by atoms with Crippen LogP contribution < -0.4 is 5.49 Å². The van der Waals surface area contributed by atoms with E-state index in [4.69, 9.17) is 17.0 Å². The standard InChI is InChI=1S/C13H10ClN3/c1-8-6-9(14)12-10(7-8)16-11-4-2-3-5-17(11)13(12)15/h2-7,15H,1H3. The highest BCUT2D eigenvalue weighted by Gasteiger charge is 2.06. The third-order valence-electron chi connectivity index (χ3n) is 2.76. The molecule has 84 valence electrons. The first-order chi connectivity index (χ1) is 8.16. The van der Waals surface area contributed by atoms with E-state index in [0.29, 0.717) is 15.9 Å². The van der Waals surface area contributed by atoms with Crippen molar-refractivity contribution >= 4 is 28.2 Å². The van der Waals surface area contributed by atoms with E-state index in [2.05, 4.69) is 4.98 Å². The molecule has 0 saturated carbocycles. The quantitative estimate of drug-likeness (QED) is 0.606. The molecule has 3 nitrogen and oxygen atoms in total. The summed E-state index contributed by atoms with van der Waals surface area (Å²) in [5.74, 6) is 0. The normalized spacial score (nSPS) is 11.2. The van der Waals surface area contributed by atoms with Crippen LogP contribution in [0.4, 0.5) is 0 Å². The first-order valence-electron chi connectivity index (χ1n) is 5.28. The van der Waals surface area contributed by atoms with Crippen molar-refractivity contribution in [1.29, 1.82) is 5.41 Å². The summed E-state index contributed by atoms with van der Waals surface area (Å²) in [4.78, 5) is 4.52.